The molecule has 1 fully saturated rings. The molecule has 4 N–H and O–H groups in total. The highest BCUT2D eigenvalue weighted by Gasteiger charge is 2.22. The zero-order chi connectivity index (χ0) is 31.4. The molecule has 1 unspecified atom stereocenters. The van der Waals surface area contributed by atoms with Gasteiger partial charge in [0.1, 0.15) is 6.79 Å². The van der Waals surface area contributed by atoms with E-state index in [-0.39, 0.29) is 11.9 Å². The number of aryl methyl sites for hydroxylation is 1. The van der Waals surface area contributed by atoms with E-state index in [1.807, 2.05) is 69.2 Å². The van der Waals surface area contributed by atoms with Gasteiger partial charge in [0, 0.05) is 24.2 Å². The van der Waals surface area contributed by atoms with Crippen LogP contribution in [0.2, 0.25) is 0 Å². The number of carbonyl (C=O) groups excluding carboxylic acids is 2. The standard InChI is InChI=1S/C31H31FN4O3.CH5N.CH2O/c1-20-4-7-23(8-5-20)26(10-6-21(2)33-19-37)24-9-11-30(27(32)14-24)39-31-15-25-17-34-35-28(25)16-29(31)36-12-13-38-22(3)18-36;2*1-2/h4-11,14-17,19,22H,12-13,18H2,1-3H3,(H,33,37)(H,34,35);2H2,1H3;1H2/b21-6-,26-10+;;. The molecule has 10 heteroatoms. The summed E-state index contributed by atoms with van der Waals surface area (Å²) in [5, 5.41) is 10.7. The fourth-order valence-electron chi connectivity index (χ4n) is 4.64. The third-order valence-corrected chi connectivity index (χ3v) is 6.71. The lowest BCUT2D eigenvalue weighted by atomic mass is 9.96. The van der Waals surface area contributed by atoms with E-state index < -0.39 is 5.82 Å². The number of allylic oxidation sites excluding steroid dienone is 3. The molecule has 2 heterocycles. The minimum Gasteiger partial charge on any atom is -0.452 e. The van der Waals surface area contributed by atoms with E-state index in [0.717, 1.165) is 33.3 Å². The first-order valence-corrected chi connectivity index (χ1v) is 13.7. The maximum absolute atomic E-state index is 15.6. The molecule has 1 aliphatic heterocycles. The van der Waals surface area contributed by atoms with Crippen molar-refractivity contribution in [3.05, 3.63) is 101 Å². The largest absolute Gasteiger partial charge is 0.452 e. The molecule has 0 saturated carbocycles. The Hall–Kier alpha value is -4.80. The number of nitrogens with two attached hydrogens (primary N) is 1. The molecule has 226 valence electrons. The van der Waals surface area contributed by atoms with Crippen LogP contribution in [-0.4, -0.2) is 56.2 Å². The number of hydrogen-bond acceptors (Lipinski definition) is 7. The molecule has 0 radical (unpaired) electrons. The van der Waals surface area contributed by atoms with Gasteiger partial charge >= 0.3 is 0 Å². The van der Waals surface area contributed by atoms with Crippen LogP contribution in [0.25, 0.3) is 16.5 Å². The van der Waals surface area contributed by atoms with Gasteiger partial charge in [-0.15, -0.1) is 0 Å². The maximum atomic E-state index is 15.6. The molecule has 0 aliphatic carbocycles. The summed E-state index contributed by atoms with van der Waals surface area (Å²) < 4.78 is 27.5. The van der Waals surface area contributed by atoms with Crippen molar-refractivity contribution < 1.29 is 23.5 Å². The van der Waals surface area contributed by atoms with Gasteiger partial charge in [0.2, 0.25) is 6.41 Å². The number of hydrogen-bond donors (Lipinski definition) is 3. The first kappa shape index (κ1) is 32.7. The molecule has 0 bridgehead atoms. The Kier molecular flexibility index (Phi) is 12.2. The highest BCUT2D eigenvalue weighted by molar-refractivity contribution is 5.86. The summed E-state index contributed by atoms with van der Waals surface area (Å²) in [7, 11) is 1.50. The fourth-order valence-corrected chi connectivity index (χ4v) is 4.64. The van der Waals surface area contributed by atoms with Crippen molar-refractivity contribution >= 4 is 35.4 Å². The summed E-state index contributed by atoms with van der Waals surface area (Å²) in [4.78, 5) is 21.0. The van der Waals surface area contributed by atoms with Crippen LogP contribution < -0.4 is 20.7 Å². The van der Waals surface area contributed by atoms with Gasteiger partial charge in [0.15, 0.2) is 17.3 Å². The number of amides is 1. The summed E-state index contributed by atoms with van der Waals surface area (Å²) in [6, 6.07) is 16.9. The van der Waals surface area contributed by atoms with Crippen molar-refractivity contribution in [3.8, 4) is 11.5 Å². The smallest absolute Gasteiger partial charge is 0.211 e. The minimum absolute atomic E-state index is 0.0754. The molecule has 4 aromatic rings. The lowest BCUT2D eigenvalue weighted by Gasteiger charge is -2.33. The van der Waals surface area contributed by atoms with Crippen LogP contribution in [0.15, 0.2) is 78.6 Å². The topological polar surface area (TPSA) is 123 Å². The van der Waals surface area contributed by atoms with Crippen molar-refractivity contribution in [1.82, 2.24) is 15.5 Å². The molecule has 1 atom stereocenters. The second-order valence-electron chi connectivity index (χ2n) is 9.71. The number of anilines is 1. The van der Waals surface area contributed by atoms with Crippen LogP contribution in [0.4, 0.5) is 10.1 Å². The first-order valence-electron chi connectivity index (χ1n) is 13.7. The number of morpholine rings is 1. The molecule has 43 heavy (non-hydrogen) atoms. The lowest BCUT2D eigenvalue weighted by Crippen LogP contribution is -2.41. The number of fused-ring (bicyclic) bond motifs is 1. The van der Waals surface area contributed by atoms with Crippen molar-refractivity contribution in [1.29, 1.82) is 0 Å². The number of carbonyl (C=O) groups is 2. The Morgan fingerprint density at radius 1 is 1.12 bits per heavy atom. The molecule has 1 amide bonds. The molecule has 1 aromatic heterocycles. The predicted molar refractivity (Wildman–Crippen MR) is 169 cm³/mol. The Labute approximate surface area is 251 Å². The van der Waals surface area contributed by atoms with E-state index in [1.165, 1.54) is 13.1 Å². The van der Waals surface area contributed by atoms with Crippen molar-refractivity contribution in [3.63, 3.8) is 0 Å². The van der Waals surface area contributed by atoms with Crippen LogP contribution >= 0.6 is 0 Å². The van der Waals surface area contributed by atoms with E-state index in [2.05, 4.69) is 26.1 Å². The van der Waals surface area contributed by atoms with Gasteiger partial charge in [-0.05, 0) is 74.9 Å². The second-order valence-corrected chi connectivity index (χ2v) is 9.71. The fraction of sp³-hybridized carbons (Fsp3) is 0.242. The Morgan fingerprint density at radius 2 is 1.84 bits per heavy atom. The number of benzene rings is 3. The molecule has 3 aromatic carbocycles. The van der Waals surface area contributed by atoms with Crippen molar-refractivity contribution in [2.24, 2.45) is 5.73 Å². The highest BCUT2D eigenvalue weighted by Crippen LogP contribution is 2.38. The Balaban J connectivity index is 0.00000121. The summed E-state index contributed by atoms with van der Waals surface area (Å²) in [5.41, 5.74) is 10.5. The van der Waals surface area contributed by atoms with Gasteiger partial charge in [-0.1, -0.05) is 42.0 Å². The normalized spacial score (nSPS) is 15.1. The molecular formula is C33H38FN5O4. The van der Waals surface area contributed by atoms with Gasteiger partial charge in [0.25, 0.3) is 0 Å². The number of ether oxygens (including phenoxy) is 2. The Morgan fingerprint density at radius 3 is 2.51 bits per heavy atom. The summed E-state index contributed by atoms with van der Waals surface area (Å²) in [6.07, 6.45) is 6.09. The number of halogens is 1. The van der Waals surface area contributed by atoms with Gasteiger partial charge in [-0.25, -0.2) is 4.39 Å². The number of H-pyrrole nitrogens is 1. The minimum atomic E-state index is -0.481. The average Bonchev–Trinajstić information content (AvgIpc) is 3.49. The Bertz CT molecular complexity index is 1570. The molecule has 1 aliphatic rings. The van der Waals surface area contributed by atoms with Crippen LogP contribution in [-0.2, 0) is 14.3 Å². The van der Waals surface area contributed by atoms with E-state index in [4.69, 9.17) is 14.3 Å². The highest BCUT2D eigenvalue weighted by atomic mass is 19.1. The molecule has 0 spiro atoms. The van der Waals surface area contributed by atoms with E-state index in [0.29, 0.717) is 43.1 Å². The summed E-state index contributed by atoms with van der Waals surface area (Å²) in [6.45, 7) is 9.86. The number of rotatable bonds is 8. The average molecular weight is 588 g/mol. The van der Waals surface area contributed by atoms with Gasteiger partial charge in [0.05, 0.1) is 30.1 Å². The van der Waals surface area contributed by atoms with E-state index >= 15 is 4.39 Å². The molecule has 5 rings (SSSR count). The van der Waals surface area contributed by atoms with Crippen LogP contribution in [0.1, 0.15) is 30.5 Å². The van der Waals surface area contributed by atoms with Gasteiger partial charge in [-0.2, -0.15) is 5.10 Å². The van der Waals surface area contributed by atoms with E-state index in [1.54, 1.807) is 25.3 Å². The van der Waals surface area contributed by atoms with Crippen LogP contribution in [0.3, 0.4) is 0 Å². The van der Waals surface area contributed by atoms with Crippen LogP contribution in [0.5, 0.6) is 11.5 Å². The summed E-state index contributed by atoms with van der Waals surface area (Å²) >= 11 is 0. The van der Waals surface area contributed by atoms with Gasteiger partial charge in [-0.3, -0.25) is 9.89 Å². The molecule has 9 nitrogen and oxygen atoms in total. The number of aromatic nitrogens is 2. The van der Waals surface area contributed by atoms with Crippen molar-refractivity contribution in [2.75, 3.05) is 31.6 Å². The number of nitrogens with one attached hydrogen (secondary N) is 2. The van der Waals surface area contributed by atoms with Crippen molar-refractivity contribution in [2.45, 2.75) is 26.9 Å². The second kappa shape index (κ2) is 16.0. The maximum Gasteiger partial charge on any atom is 0.211 e. The SMILES string of the molecule is C/C(=C/C=C(\c1ccc(C)cc1)c1ccc(Oc2cc3cn[nH]c3cc2N2CCOC(C)C2)c(F)c1)NC=O.C=O.CN. The monoisotopic (exact) mass is 587 g/mol. The number of aromatic amines is 1. The van der Waals surface area contributed by atoms with E-state index in [9.17, 15) is 4.79 Å². The lowest BCUT2D eigenvalue weighted by molar-refractivity contribution is -0.109. The quantitative estimate of drug-likeness (QED) is 0.184. The molecular weight excluding hydrogens is 549 g/mol. The zero-order valence-electron chi connectivity index (χ0n) is 24.9. The summed E-state index contributed by atoms with van der Waals surface area (Å²) in [5.74, 6) is 0.199. The third-order valence-electron chi connectivity index (χ3n) is 6.71. The van der Waals surface area contributed by atoms with Crippen LogP contribution in [0, 0.1) is 12.7 Å². The first-order chi connectivity index (χ1) is 20.9. The van der Waals surface area contributed by atoms with Gasteiger partial charge < -0.3 is 30.2 Å². The molecule has 1 saturated heterocycles. The number of nitrogens with zero attached hydrogens (tertiary/aromatic N) is 2. The third kappa shape index (κ3) is 8.37. The predicted octanol–water partition coefficient (Wildman–Crippen LogP) is 5.50. The zero-order valence-corrected chi connectivity index (χ0v) is 24.9.